The van der Waals surface area contributed by atoms with Gasteiger partial charge in [-0.2, -0.15) is 0 Å². The molecule has 2 N–H and O–H groups in total. The van der Waals surface area contributed by atoms with Crippen molar-refractivity contribution in [3.63, 3.8) is 0 Å². The summed E-state index contributed by atoms with van der Waals surface area (Å²) in [5.74, 6) is -0.142. The van der Waals surface area contributed by atoms with E-state index in [-0.39, 0.29) is 28.5 Å². The topological polar surface area (TPSA) is 74.4 Å². The van der Waals surface area contributed by atoms with E-state index < -0.39 is 5.82 Å². The molecule has 0 bridgehead atoms. The molecule has 1 aromatic carbocycles. The van der Waals surface area contributed by atoms with Crippen molar-refractivity contribution in [3.05, 3.63) is 46.0 Å². The number of nitrogens with zero attached hydrogens (tertiary/aromatic N) is 1. The summed E-state index contributed by atoms with van der Waals surface area (Å²) in [7, 11) is 0. The standard InChI is InChI=1S/C25H32FN3O3/c1-4-25(5-2,15-16-9-10-27-23(16)30)18-7-8-20(28-24(18)31)17-13-19(26)22-21(14-17)29(6-3)11-12-32-22/h7-8,13-14,16H,4-6,9-12,15H2,1-3H3,(H,27,30)(H,28,31). The number of likely N-dealkylation sites (N-methyl/N-ethyl adjacent to an activating group) is 1. The van der Waals surface area contributed by atoms with Crippen LogP contribution in [0.25, 0.3) is 11.3 Å². The summed E-state index contributed by atoms with van der Waals surface area (Å²) in [6.07, 6.45) is 3.00. The molecule has 0 aliphatic carbocycles. The molecule has 32 heavy (non-hydrogen) atoms. The van der Waals surface area contributed by atoms with Gasteiger partial charge in [-0.05, 0) is 50.8 Å². The summed E-state index contributed by atoms with van der Waals surface area (Å²) in [6.45, 7) is 8.77. The van der Waals surface area contributed by atoms with E-state index in [1.165, 1.54) is 6.07 Å². The first kappa shape index (κ1) is 22.4. The second-order valence-corrected chi connectivity index (χ2v) is 8.82. The third-order valence-electron chi connectivity index (χ3n) is 7.30. The Bertz CT molecular complexity index is 1060. The molecule has 1 saturated heterocycles. The second-order valence-electron chi connectivity index (χ2n) is 8.82. The van der Waals surface area contributed by atoms with Crippen LogP contribution in [0.4, 0.5) is 10.1 Å². The van der Waals surface area contributed by atoms with E-state index in [0.717, 1.165) is 25.8 Å². The molecule has 2 aromatic rings. The molecule has 3 heterocycles. The maximum absolute atomic E-state index is 14.8. The predicted molar refractivity (Wildman–Crippen MR) is 124 cm³/mol. The summed E-state index contributed by atoms with van der Waals surface area (Å²) in [5.41, 5.74) is 2.05. The lowest BCUT2D eigenvalue weighted by Gasteiger charge is -2.33. The Labute approximate surface area is 188 Å². The average molecular weight is 442 g/mol. The first-order valence-electron chi connectivity index (χ1n) is 11.7. The average Bonchev–Trinajstić information content (AvgIpc) is 3.21. The Morgan fingerprint density at radius 2 is 1.97 bits per heavy atom. The Balaban J connectivity index is 1.71. The zero-order valence-electron chi connectivity index (χ0n) is 19.1. The zero-order valence-corrected chi connectivity index (χ0v) is 19.1. The lowest BCUT2D eigenvalue weighted by molar-refractivity contribution is -0.123. The molecule has 0 radical (unpaired) electrons. The number of fused-ring (bicyclic) bond motifs is 1. The number of carbonyl (C=O) groups excluding carboxylic acids is 1. The van der Waals surface area contributed by atoms with Crippen LogP contribution >= 0.6 is 0 Å². The van der Waals surface area contributed by atoms with Crippen LogP contribution in [0.3, 0.4) is 0 Å². The number of pyridine rings is 1. The predicted octanol–water partition coefficient (Wildman–Crippen LogP) is 3.98. The molecular formula is C25H32FN3O3. The summed E-state index contributed by atoms with van der Waals surface area (Å²) in [4.78, 5) is 30.5. The minimum absolute atomic E-state index is 0.0660. The van der Waals surface area contributed by atoms with Gasteiger partial charge >= 0.3 is 0 Å². The van der Waals surface area contributed by atoms with Gasteiger partial charge in [0.05, 0.1) is 12.2 Å². The molecule has 6 nitrogen and oxygen atoms in total. The van der Waals surface area contributed by atoms with Crippen molar-refractivity contribution in [1.29, 1.82) is 0 Å². The van der Waals surface area contributed by atoms with Crippen LogP contribution in [0.5, 0.6) is 5.75 Å². The van der Waals surface area contributed by atoms with E-state index in [9.17, 15) is 14.0 Å². The number of hydrogen-bond donors (Lipinski definition) is 2. The molecule has 2 aliphatic rings. The molecule has 1 fully saturated rings. The van der Waals surface area contributed by atoms with Crippen LogP contribution in [0, 0.1) is 11.7 Å². The Kier molecular flexibility index (Phi) is 6.26. The largest absolute Gasteiger partial charge is 0.486 e. The Morgan fingerprint density at radius 3 is 2.59 bits per heavy atom. The number of amides is 1. The van der Waals surface area contributed by atoms with Gasteiger partial charge in [0, 0.05) is 41.2 Å². The van der Waals surface area contributed by atoms with Crippen molar-refractivity contribution >= 4 is 11.6 Å². The fourth-order valence-corrected chi connectivity index (χ4v) is 5.22. The first-order chi connectivity index (χ1) is 15.4. The number of halogens is 1. The third kappa shape index (κ3) is 3.89. The minimum Gasteiger partial charge on any atom is -0.486 e. The van der Waals surface area contributed by atoms with E-state index in [1.54, 1.807) is 0 Å². The van der Waals surface area contributed by atoms with Crippen LogP contribution in [-0.2, 0) is 10.2 Å². The van der Waals surface area contributed by atoms with Gasteiger partial charge in [-0.25, -0.2) is 4.39 Å². The molecule has 1 aromatic heterocycles. The lowest BCUT2D eigenvalue weighted by atomic mass is 9.70. The molecule has 2 aliphatic heterocycles. The van der Waals surface area contributed by atoms with E-state index in [1.807, 2.05) is 25.1 Å². The van der Waals surface area contributed by atoms with Gasteiger partial charge in [-0.1, -0.05) is 19.9 Å². The third-order valence-corrected chi connectivity index (χ3v) is 7.30. The number of anilines is 1. The van der Waals surface area contributed by atoms with Crippen molar-refractivity contribution in [2.24, 2.45) is 5.92 Å². The van der Waals surface area contributed by atoms with Gasteiger partial charge in [0.25, 0.3) is 5.56 Å². The number of H-pyrrole nitrogens is 1. The van der Waals surface area contributed by atoms with Gasteiger partial charge < -0.3 is 19.9 Å². The Morgan fingerprint density at radius 1 is 1.19 bits per heavy atom. The fourth-order valence-electron chi connectivity index (χ4n) is 5.22. The molecule has 1 unspecified atom stereocenters. The van der Waals surface area contributed by atoms with Gasteiger partial charge in [0.2, 0.25) is 5.91 Å². The number of hydrogen-bond acceptors (Lipinski definition) is 4. The maximum atomic E-state index is 14.8. The molecule has 7 heteroatoms. The highest BCUT2D eigenvalue weighted by atomic mass is 19.1. The Hall–Kier alpha value is -2.83. The van der Waals surface area contributed by atoms with Crippen LogP contribution in [0.15, 0.2) is 29.1 Å². The van der Waals surface area contributed by atoms with Gasteiger partial charge in [0.15, 0.2) is 11.6 Å². The number of aromatic nitrogens is 1. The molecular weight excluding hydrogens is 409 g/mol. The smallest absolute Gasteiger partial charge is 0.252 e. The van der Waals surface area contributed by atoms with E-state index in [0.29, 0.717) is 48.6 Å². The fraction of sp³-hybridized carbons (Fsp3) is 0.520. The highest BCUT2D eigenvalue weighted by Crippen LogP contribution is 2.40. The van der Waals surface area contributed by atoms with Crippen LogP contribution in [0.1, 0.15) is 52.0 Å². The molecule has 0 spiro atoms. The van der Waals surface area contributed by atoms with Crippen LogP contribution < -0.4 is 20.5 Å². The number of ether oxygens (including phenoxy) is 1. The van der Waals surface area contributed by atoms with Gasteiger partial charge in [-0.15, -0.1) is 0 Å². The van der Waals surface area contributed by atoms with Crippen LogP contribution in [0.2, 0.25) is 0 Å². The van der Waals surface area contributed by atoms with Crippen molar-refractivity contribution in [3.8, 4) is 17.0 Å². The van der Waals surface area contributed by atoms with Crippen LogP contribution in [-0.4, -0.2) is 37.1 Å². The summed E-state index contributed by atoms with van der Waals surface area (Å²) < 4.78 is 20.3. The van der Waals surface area contributed by atoms with E-state index in [2.05, 4.69) is 29.0 Å². The highest BCUT2D eigenvalue weighted by Gasteiger charge is 2.38. The van der Waals surface area contributed by atoms with E-state index in [4.69, 9.17) is 4.74 Å². The molecule has 1 atom stereocenters. The summed E-state index contributed by atoms with van der Waals surface area (Å²) >= 11 is 0. The van der Waals surface area contributed by atoms with Crippen molar-refractivity contribution in [2.45, 2.75) is 51.9 Å². The van der Waals surface area contributed by atoms with Crippen molar-refractivity contribution < 1.29 is 13.9 Å². The van der Waals surface area contributed by atoms with Crippen molar-refractivity contribution in [2.75, 3.05) is 31.1 Å². The molecule has 4 rings (SSSR count). The number of carbonyl (C=O) groups is 1. The molecule has 0 saturated carbocycles. The molecule has 1 amide bonds. The highest BCUT2D eigenvalue weighted by molar-refractivity contribution is 5.80. The first-order valence-corrected chi connectivity index (χ1v) is 11.7. The number of benzene rings is 1. The van der Waals surface area contributed by atoms with E-state index >= 15 is 0 Å². The summed E-state index contributed by atoms with van der Waals surface area (Å²) in [5, 5.41) is 2.90. The quantitative estimate of drug-likeness (QED) is 0.682. The normalized spacial score (nSPS) is 18.3. The van der Waals surface area contributed by atoms with Gasteiger partial charge in [0.1, 0.15) is 6.61 Å². The minimum atomic E-state index is -0.427. The lowest BCUT2D eigenvalue weighted by Crippen LogP contribution is -2.36. The monoisotopic (exact) mass is 441 g/mol. The second kappa shape index (κ2) is 8.96. The SMILES string of the molecule is CCN1CCOc2c(F)cc(-c3ccc(C(CC)(CC)CC4CCNC4=O)c(=O)[nH]3)cc21. The molecule has 172 valence electrons. The van der Waals surface area contributed by atoms with Crippen molar-refractivity contribution in [1.82, 2.24) is 10.3 Å². The summed E-state index contributed by atoms with van der Waals surface area (Å²) in [6, 6.07) is 7.01. The van der Waals surface area contributed by atoms with Gasteiger partial charge in [-0.3, -0.25) is 9.59 Å². The maximum Gasteiger partial charge on any atom is 0.252 e. The number of nitrogens with one attached hydrogen (secondary N) is 2. The zero-order chi connectivity index (χ0) is 22.9. The number of rotatable bonds is 7. The number of aromatic amines is 1.